The Morgan fingerprint density at radius 3 is 2.85 bits per heavy atom. The number of aliphatic carboxylic acids is 1. The number of hydrogen-bond acceptors (Lipinski definition) is 4. The third-order valence-corrected chi connectivity index (χ3v) is 4.21. The number of methoxy groups -OCH3 is 1. The van der Waals surface area contributed by atoms with Gasteiger partial charge in [-0.2, -0.15) is 0 Å². The van der Waals surface area contributed by atoms with E-state index in [1.807, 2.05) is 0 Å². The zero-order valence-corrected chi connectivity index (χ0v) is 8.26. The molecule has 4 nitrogen and oxygen atoms in total. The summed E-state index contributed by atoms with van der Waals surface area (Å²) in [5.74, 6) is -0.0728. The maximum atomic E-state index is 10.7. The van der Waals surface area contributed by atoms with Gasteiger partial charge >= 0.3 is 5.97 Å². The molecule has 5 heteroatoms. The standard InChI is InChI=1S/C8H13NO3S/c1-12-5-2-8(3-5)9-6(4-13-8)7(10)11/h5-6,9H,2-4H2,1H3,(H,10,11)/t5?,6-,8?/m0/s1. The molecule has 0 amide bonds. The van der Waals surface area contributed by atoms with Crippen molar-refractivity contribution in [3.05, 3.63) is 0 Å². The molecule has 2 N–H and O–H groups in total. The number of carboxylic acid groups (broad SMARTS) is 1. The second kappa shape index (κ2) is 3.15. The van der Waals surface area contributed by atoms with Crippen LogP contribution in [0.25, 0.3) is 0 Å². The van der Waals surface area contributed by atoms with Gasteiger partial charge in [0, 0.05) is 25.7 Å². The van der Waals surface area contributed by atoms with Gasteiger partial charge in [-0.05, 0) is 0 Å². The predicted molar refractivity (Wildman–Crippen MR) is 49.8 cm³/mol. The van der Waals surface area contributed by atoms with Crippen LogP contribution in [-0.4, -0.2) is 41.0 Å². The van der Waals surface area contributed by atoms with Gasteiger partial charge in [0.15, 0.2) is 0 Å². The lowest BCUT2D eigenvalue weighted by atomic mass is 9.88. The molecule has 74 valence electrons. The molecule has 0 radical (unpaired) electrons. The van der Waals surface area contributed by atoms with E-state index < -0.39 is 5.97 Å². The van der Waals surface area contributed by atoms with Crippen molar-refractivity contribution in [2.24, 2.45) is 0 Å². The number of carboxylic acids is 1. The quantitative estimate of drug-likeness (QED) is 0.675. The van der Waals surface area contributed by atoms with Crippen LogP contribution in [0.15, 0.2) is 0 Å². The van der Waals surface area contributed by atoms with Crippen molar-refractivity contribution in [2.75, 3.05) is 12.9 Å². The lowest BCUT2D eigenvalue weighted by Gasteiger charge is -2.43. The Balaban J connectivity index is 1.89. The highest BCUT2D eigenvalue weighted by atomic mass is 32.2. The average Bonchev–Trinajstić information content (AvgIpc) is 2.45. The van der Waals surface area contributed by atoms with E-state index in [1.54, 1.807) is 18.9 Å². The van der Waals surface area contributed by atoms with Crippen LogP contribution in [0.4, 0.5) is 0 Å². The van der Waals surface area contributed by atoms with Gasteiger partial charge in [-0.15, -0.1) is 11.8 Å². The molecule has 2 aliphatic rings. The van der Waals surface area contributed by atoms with E-state index in [0.29, 0.717) is 11.9 Å². The van der Waals surface area contributed by atoms with Gasteiger partial charge in [0.25, 0.3) is 0 Å². The Kier molecular flexibility index (Phi) is 2.25. The zero-order chi connectivity index (χ0) is 9.47. The molecular weight excluding hydrogens is 190 g/mol. The molecule has 0 unspecified atom stereocenters. The average molecular weight is 203 g/mol. The largest absolute Gasteiger partial charge is 0.480 e. The van der Waals surface area contributed by atoms with E-state index >= 15 is 0 Å². The number of ether oxygens (including phenoxy) is 1. The lowest BCUT2D eigenvalue weighted by Crippen LogP contribution is -2.55. The minimum atomic E-state index is -0.745. The minimum absolute atomic E-state index is 0.00370. The van der Waals surface area contributed by atoms with E-state index in [0.717, 1.165) is 12.8 Å². The minimum Gasteiger partial charge on any atom is -0.480 e. The smallest absolute Gasteiger partial charge is 0.321 e. The van der Waals surface area contributed by atoms with Gasteiger partial charge in [0.05, 0.1) is 11.0 Å². The molecular formula is C8H13NO3S. The fraction of sp³-hybridized carbons (Fsp3) is 0.875. The SMILES string of the molecule is COC1CC2(C1)N[C@H](C(=O)O)CS2. The number of hydrogen-bond donors (Lipinski definition) is 2. The molecule has 1 atom stereocenters. The van der Waals surface area contributed by atoms with Gasteiger partial charge < -0.3 is 9.84 Å². The fourth-order valence-corrected chi connectivity index (χ4v) is 3.40. The molecule has 1 aliphatic heterocycles. The van der Waals surface area contributed by atoms with Crippen molar-refractivity contribution in [1.82, 2.24) is 5.32 Å². The maximum Gasteiger partial charge on any atom is 0.321 e. The van der Waals surface area contributed by atoms with Crippen LogP contribution < -0.4 is 5.32 Å². The molecule has 1 saturated heterocycles. The van der Waals surface area contributed by atoms with Crippen molar-refractivity contribution in [1.29, 1.82) is 0 Å². The van der Waals surface area contributed by atoms with Crippen LogP contribution >= 0.6 is 11.8 Å². The first-order valence-corrected chi connectivity index (χ1v) is 5.31. The molecule has 2 fully saturated rings. The van der Waals surface area contributed by atoms with Crippen molar-refractivity contribution in [3.8, 4) is 0 Å². The molecule has 1 spiro atoms. The second-order valence-electron chi connectivity index (χ2n) is 3.61. The highest BCUT2D eigenvalue weighted by Crippen LogP contribution is 2.47. The number of nitrogens with one attached hydrogen (secondary N) is 1. The van der Waals surface area contributed by atoms with Crippen molar-refractivity contribution >= 4 is 17.7 Å². The first-order valence-electron chi connectivity index (χ1n) is 4.32. The molecule has 0 aromatic rings. The molecule has 2 rings (SSSR count). The summed E-state index contributed by atoms with van der Waals surface area (Å²) in [6.07, 6.45) is 2.17. The fourth-order valence-electron chi connectivity index (χ4n) is 1.85. The zero-order valence-electron chi connectivity index (χ0n) is 7.45. The molecule has 0 aromatic carbocycles. The topological polar surface area (TPSA) is 58.6 Å². The third-order valence-electron chi connectivity index (χ3n) is 2.71. The normalized spacial score (nSPS) is 43.5. The van der Waals surface area contributed by atoms with Crippen LogP contribution in [0, 0.1) is 0 Å². The van der Waals surface area contributed by atoms with Gasteiger partial charge in [-0.25, -0.2) is 0 Å². The van der Waals surface area contributed by atoms with Crippen LogP contribution in [0.1, 0.15) is 12.8 Å². The van der Waals surface area contributed by atoms with Gasteiger partial charge in [0.1, 0.15) is 6.04 Å². The van der Waals surface area contributed by atoms with Gasteiger partial charge in [0.2, 0.25) is 0 Å². The maximum absolute atomic E-state index is 10.7. The van der Waals surface area contributed by atoms with Crippen LogP contribution in [0.3, 0.4) is 0 Å². The molecule has 0 aromatic heterocycles. The van der Waals surface area contributed by atoms with Gasteiger partial charge in [-0.3, -0.25) is 10.1 Å². The van der Waals surface area contributed by atoms with Gasteiger partial charge in [-0.1, -0.05) is 0 Å². The summed E-state index contributed by atoms with van der Waals surface area (Å²) in [5.41, 5.74) is 0. The first-order chi connectivity index (χ1) is 6.15. The summed E-state index contributed by atoms with van der Waals surface area (Å²) >= 11 is 1.72. The molecule has 0 bridgehead atoms. The summed E-state index contributed by atoms with van der Waals surface area (Å²) in [6.45, 7) is 0. The Bertz CT molecular complexity index is 227. The first kappa shape index (κ1) is 9.30. The Hall–Kier alpha value is -0.260. The number of carbonyl (C=O) groups is 1. The van der Waals surface area contributed by atoms with Crippen molar-refractivity contribution in [3.63, 3.8) is 0 Å². The summed E-state index contributed by atoms with van der Waals surface area (Å²) in [5, 5.41) is 11.9. The Morgan fingerprint density at radius 1 is 1.69 bits per heavy atom. The molecule has 1 heterocycles. The van der Waals surface area contributed by atoms with Crippen LogP contribution in [-0.2, 0) is 9.53 Å². The summed E-state index contributed by atoms with van der Waals surface area (Å²) in [4.78, 5) is 10.7. The molecule has 1 aliphatic carbocycles. The highest BCUT2D eigenvalue weighted by Gasteiger charge is 2.51. The third kappa shape index (κ3) is 1.56. The summed E-state index contributed by atoms with van der Waals surface area (Å²) in [7, 11) is 1.70. The predicted octanol–water partition coefficient (Wildman–Crippen LogP) is 0.281. The van der Waals surface area contributed by atoms with Crippen LogP contribution in [0.5, 0.6) is 0 Å². The Morgan fingerprint density at radius 2 is 2.38 bits per heavy atom. The lowest BCUT2D eigenvalue weighted by molar-refractivity contribution is -0.139. The molecule has 1 saturated carbocycles. The summed E-state index contributed by atoms with van der Waals surface area (Å²) in [6, 6.07) is -0.372. The van der Waals surface area contributed by atoms with Crippen molar-refractivity contribution in [2.45, 2.75) is 29.9 Å². The second-order valence-corrected chi connectivity index (χ2v) is 5.01. The van der Waals surface area contributed by atoms with Crippen LogP contribution in [0.2, 0.25) is 0 Å². The molecule has 13 heavy (non-hydrogen) atoms. The van der Waals surface area contributed by atoms with E-state index in [1.165, 1.54) is 0 Å². The number of rotatable bonds is 2. The van der Waals surface area contributed by atoms with E-state index in [-0.39, 0.29) is 10.9 Å². The number of thioether (sulfide) groups is 1. The van der Waals surface area contributed by atoms with E-state index in [9.17, 15) is 4.79 Å². The highest BCUT2D eigenvalue weighted by molar-refractivity contribution is 8.01. The summed E-state index contributed by atoms with van der Waals surface area (Å²) < 4.78 is 5.17. The Labute approximate surface area is 81.0 Å². The van der Waals surface area contributed by atoms with Crippen molar-refractivity contribution < 1.29 is 14.6 Å². The monoisotopic (exact) mass is 203 g/mol. The van der Waals surface area contributed by atoms with E-state index in [4.69, 9.17) is 9.84 Å². The van der Waals surface area contributed by atoms with E-state index in [2.05, 4.69) is 5.32 Å².